The monoisotopic (exact) mass is 368 g/mol. The van der Waals surface area contributed by atoms with Gasteiger partial charge in [0.25, 0.3) is 0 Å². The van der Waals surface area contributed by atoms with Crippen LogP contribution in [-0.2, 0) is 0 Å². The molecule has 0 aliphatic carbocycles. The van der Waals surface area contributed by atoms with Crippen molar-refractivity contribution in [2.24, 2.45) is 10.9 Å². The summed E-state index contributed by atoms with van der Waals surface area (Å²) in [5.74, 6) is 1.67. The van der Waals surface area contributed by atoms with Gasteiger partial charge in [0.05, 0.1) is 18.9 Å². The van der Waals surface area contributed by atoms with Crippen LogP contribution < -0.4 is 10.2 Å². The van der Waals surface area contributed by atoms with Crippen molar-refractivity contribution in [1.82, 2.24) is 19.8 Å². The highest BCUT2D eigenvalue weighted by Crippen LogP contribution is 2.27. The molecular formula is C21H32N6. The number of aromatic nitrogens is 2. The van der Waals surface area contributed by atoms with E-state index in [1.54, 1.807) is 0 Å². The van der Waals surface area contributed by atoms with Crippen molar-refractivity contribution in [3.05, 3.63) is 49.1 Å². The standard InChI is InChI=1S/C21H32N6/c1-4-23-21(24-12-14-25(3)19-8-6-5-7-9-19)26-13-10-18(2)20(16-26)27-15-11-22-17-27/h5-9,11,15,17-18,20H,4,10,12-14,16H2,1-3H3,(H,23,24). The Morgan fingerprint density at radius 2 is 2.15 bits per heavy atom. The molecule has 1 fully saturated rings. The van der Waals surface area contributed by atoms with Gasteiger partial charge in [-0.1, -0.05) is 25.1 Å². The van der Waals surface area contributed by atoms with Crippen LogP contribution in [0.2, 0.25) is 0 Å². The maximum atomic E-state index is 4.91. The Kier molecular flexibility index (Phi) is 6.74. The van der Waals surface area contributed by atoms with Crippen molar-refractivity contribution >= 4 is 11.6 Å². The summed E-state index contributed by atoms with van der Waals surface area (Å²) in [5.41, 5.74) is 1.23. The topological polar surface area (TPSA) is 48.7 Å². The Hall–Kier alpha value is -2.50. The molecule has 146 valence electrons. The van der Waals surface area contributed by atoms with E-state index in [1.807, 2.05) is 18.6 Å². The summed E-state index contributed by atoms with van der Waals surface area (Å²) < 4.78 is 2.24. The second-order valence-electron chi connectivity index (χ2n) is 7.28. The summed E-state index contributed by atoms with van der Waals surface area (Å²) in [6.07, 6.45) is 7.04. The minimum absolute atomic E-state index is 0.442. The summed E-state index contributed by atoms with van der Waals surface area (Å²) in [4.78, 5) is 13.8. The average molecular weight is 369 g/mol. The molecule has 2 aromatic rings. The van der Waals surface area contributed by atoms with E-state index in [-0.39, 0.29) is 0 Å². The number of benzene rings is 1. The molecule has 0 saturated carbocycles. The zero-order chi connectivity index (χ0) is 19.1. The van der Waals surface area contributed by atoms with Crippen LogP contribution in [0.25, 0.3) is 0 Å². The van der Waals surface area contributed by atoms with Gasteiger partial charge in [0.1, 0.15) is 0 Å². The molecule has 6 heteroatoms. The van der Waals surface area contributed by atoms with E-state index in [0.29, 0.717) is 12.0 Å². The minimum Gasteiger partial charge on any atom is -0.373 e. The van der Waals surface area contributed by atoms with E-state index >= 15 is 0 Å². The molecule has 1 saturated heterocycles. The highest BCUT2D eigenvalue weighted by atomic mass is 15.3. The molecule has 27 heavy (non-hydrogen) atoms. The molecule has 1 aromatic carbocycles. The fourth-order valence-electron chi connectivity index (χ4n) is 3.64. The fraction of sp³-hybridized carbons (Fsp3) is 0.524. The first-order valence-corrected chi connectivity index (χ1v) is 9.96. The Labute approximate surface area is 162 Å². The van der Waals surface area contributed by atoms with Crippen LogP contribution in [0.15, 0.2) is 54.0 Å². The Bertz CT molecular complexity index is 697. The van der Waals surface area contributed by atoms with E-state index in [4.69, 9.17) is 4.99 Å². The van der Waals surface area contributed by atoms with Crippen molar-refractivity contribution in [3.8, 4) is 0 Å². The quantitative estimate of drug-likeness (QED) is 0.629. The molecule has 1 N–H and O–H groups in total. The van der Waals surface area contributed by atoms with Crippen molar-refractivity contribution in [3.63, 3.8) is 0 Å². The number of piperidine rings is 1. The normalized spacial score (nSPS) is 20.6. The number of aliphatic imine (C=N–C) groups is 1. The van der Waals surface area contributed by atoms with Crippen LogP contribution in [0.4, 0.5) is 5.69 Å². The third-order valence-corrected chi connectivity index (χ3v) is 5.35. The number of rotatable bonds is 6. The van der Waals surface area contributed by atoms with Crippen molar-refractivity contribution in [1.29, 1.82) is 0 Å². The molecule has 2 heterocycles. The largest absolute Gasteiger partial charge is 0.373 e. The molecule has 0 radical (unpaired) electrons. The summed E-state index contributed by atoms with van der Waals surface area (Å²) in [5, 5.41) is 3.48. The first-order valence-electron chi connectivity index (χ1n) is 9.96. The molecule has 0 bridgehead atoms. The number of guanidine groups is 1. The molecule has 0 amide bonds. The zero-order valence-electron chi connectivity index (χ0n) is 16.8. The number of likely N-dealkylation sites (tertiary alicyclic amines) is 1. The average Bonchev–Trinajstić information content (AvgIpc) is 3.23. The molecular weight excluding hydrogens is 336 g/mol. The molecule has 0 spiro atoms. The van der Waals surface area contributed by atoms with Gasteiger partial charge in [-0.25, -0.2) is 4.98 Å². The van der Waals surface area contributed by atoms with Gasteiger partial charge in [-0.3, -0.25) is 4.99 Å². The van der Waals surface area contributed by atoms with Gasteiger partial charge in [0, 0.05) is 51.3 Å². The summed E-state index contributed by atoms with van der Waals surface area (Å²) in [7, 11) is 2.12. The lowest BCUT2D eigenvalue weighted by atomic mass is 9.93. The predicted molar refractivity (Wildman–Crippen MR) is 112 cm³/mol. The number of nitrogens with zero attached hydrogens (tertiary/aromatic N) is 5. The fourth-order valence-corrected chi connectivity index (χ4v) is 3.64. The molecule has 1 aliphatic heterocycles. The van der Waals surface area contributed by atoms with Crippen LogP contribution in [0.1, 0.15) is 26.3 Å². The molecule has 3 rings (SSSR count). The SMILES string of the molecule is CCNC(=NCCN(C)c1ccccc1)N1CCC(C)C(n2ccnc2)C1. The lowest BCUT2D eigenvalue weighted by Gasteiger charge is -2.39. The third kappa shape index (κ3) is 5.02. The van der Waals surface area contributed by atoms with Gasteiger partial charge in [-0.2, -0.15) is 0 Å². The number of anilines is 1. The van der Waals surface area contributed by atoms with Crippen molar-refractivity contribution in [2.75, 3.05) is 44.7 Å². The summed E-state index contributed by atoms with van der Waals surface area (Å²) in [6, 6.07) is 10.9. The lowest BCUT2D eigenvalue weighted by Crippen LogP contribution is -2.49. The molecule has 6 nitrogen and oxygen atoms in total. The van der Waals surface area contributed by atoms with E-state index < -0.39 is 0 Å². The van der Waals surface area contributed by atoms with Crippen molar-refractivity contribution < 1.29 is 0 Å². The first kappa shape index (κ1) is 19.3. The zero-order valence-corrected chi connectivity index (χ0v) is 16.8. The van der Waals surface area contributed by atoms with Gasteiger partial charge in [0.15, 0.2) is 5.96 Å². The van der Waals surface area contributed by atoms with E-state index in [9.17, 15) is 0 Å². The Morgan fingerprint density at radius 3 is 2.85 bits per heavy atom. The smallest absolute Gasteiger partial charge is 0.194 e. The number of hydrogen-bond acceptors (Lipinski definition) is 3. The summed E-state index contributed by atoms with van der Waals surface area (Å²) >= 11 is 0. The van der Waals surface area contributed by atoms with E-state index in [2.05, 4.69) is 76.0 Å². The van der Waals surface area contributed by atoms with Gasteiger partial charge in [-0.05, 0) is 31.4 Å². The van der Waals surface area contributed by atoms with E-state index in [0.717, 1.165) is 45.1 Å². The van der Waals surface area contributed by atoms with Crippen LogP contribution in [0.5, 0.6) is 0 Å². The highest BCUT2D eigenvalue weighted by molar-refractivity contribution is 5.80. The maximum Gasteiger partial charge on any atom is 0.194 e. The second kappa shape index (κ2) is 9.44. The number of imidazole rings is 1. The van der Waals surface area contributed by atoms with Crippen molar-refractivity contribution in [2.45, 2.75) is 26.3 Å². The van der Waals surface area contributed by atoms with Crippen LogP contribution in [0, 0.1) is 5.92 Å². The Morgan fingerprint density at radius 1 is 1.33 bits per heavy atom. The highest BCUT2D eigenvalue weighted by Gasteiger charge is 2.28. The number of para-hydroxylation sites is 1. The van der Waals surface area contributed by atoms with E-state index in [1.165, 1.54) is 5.69 Å². The lowest BCUT2D eigenvalue weighted by molar-refractivity contribution is 0.189. The number of hydrogen-bond donors (Lipinski definition) is 1. The van der Waals surface area contributed by atoms with Gasteiger partial charge in [0.2, 0.25) is 0 Å². The maximum absolute atomic E-state index is 4.91. The van der Waals surface area contributed by atoms with Gasteiger partial charge >= 0.3 is 0 Å². The van der Waals surface area contributed by atoms with Gasteiger partial charge in [-0.15, -0.1) is 0 Å². The first-order chi connectivity index (χ1) is 13.2. The van der Waals surface area contributed by atoms with Gasteiger partial charge < -0.3 is 19.7 Å². The minimum atomic E-state index is 0.442. The predicted octanol–water partition coefficient (Wildman–Crippen LogP) is 2.87. The third-order valence-electron chi connectivity index (χ3n) is 5.35. The Balaban J connectivity index is 1.62. The number of likely N-dealkylation sites (N-methyl/N-ethyl adjacent to an activating group) is 1. The molecule has 1 aromatic heterocycles. The number of nitrogens with one attached hydrogen (secondary N) is 1. The van der Waals surface area contributed by atoms with Crippen LogP contribution in [0.3, 0.4) is 0 Å². The molecule has 1 aliphatic rings. The molecule has 2 unspecified atom stereocenters. The second-order valence-corrected chi connectivity index (χ2v) is 7.28. The summed E-state index contributed by atoms with van der Waals surface area (Å²) in [6.45, 7) is 9.04. The van der Waals surface area contributed by atoms with Crippen LogP contribution >= 0.6 is 0 Å². The van der Waals surface area contributed by atoms with Crippen LogP contribution in [-0.4, -0.2) is 60.2 Å². The molecule has 2 atom stereocenters.